The molecule has 3 aliphatic rings. The second-order valence-corrected chi connectivity index (χ2v) is 16.2. The third-order valence-corrected chi connectivity index (χ3v) is 10.8. The molecule has 3 saturated heterocycles. The first-order valence-corrected chi connectivity index (χ1v) is 18.5. The molecule has 0 aromatic carbocycles. The summed E-state index contributed by atoms with van der Waals surface area (Å²) >= 11 is 8.04. The molecule has 0 amide bonds. The highest BCUT2D eigenvalue weighted by molar-refractivity contribution is 8.44. The van der Waals surface area contributed by atoms with E-state index in [2.05, 4.69) is 54.4 Å². The van der Waals surface area contributed by atoms with Crippen LogP contribution in [-0.2, 0) is 36.7 Å². The molecule has 0 saturated carbocycles. The summed E-state index contributed by atoms with van der Waals surface area (Å²) in [5, 5.41) is 0. The highest BCUT2D eigenvalue weighted by Gasteiger charge is 2.60. The zero-order valence-electron chi connectivity index (χ0n) is 22.8. The fraction of sp³-hybridized carbons (Fsp3) is 0.524. The normalized spacial score (nSPS) is 39.4. The molecule has 10 atom stereocenters. The summed E-state index contributed by atoms with van der Waals surface area (Å²) in [5.41, 5.74) is 9.88. The van der Waals surface area contributed by atoms with Crippen LogP contribution < -0.4 is 11.5 Å². The third kappa shape index (κ3) is 5.39. The Morgan fingerprint density at radius 3 is 2.07 bits per heavy atom. The highest BCUT2D eigenvalue weighted by atomic mass is 32.7. The van der Waals surface area contributed by atoms with Gasteiger partial charge >= 0.3 is 13.6 Å². The Kier molecular flexibility index (Phi) is 7.63. The number of alkyl halides is 2. The molecular formula is C21H24F2N10O8P2S2. The molecule has 7 rings (SSSR count). The zero-order chi connectivity index (χ0) is 31.9. The van der Waals surface area contributed by atoms with E-state index in [0.717, 1.165) is 19.6 Å². The number of nitrogens with zero attached hydrogens (tertiary/aromatic N) is 8. The van der Waals surface area contributed by atoms with Crippen molar-refractivity contribution in [3.05, 3.63) is 25.3 Å². The van der Waals surface area contributed by atoms with Crippen LogP contribution in [0.5, 0.6) is 0 Å². The first kappa shape index (κ1) is 31.1. The molecule has 24 heteroatoms. The molecule has 0 unspecified atom stereocenters. The van der Waals surface area contributed by atoms with Crippen molar-refractivity contribution in [2.24, 2.45) is 0 Å². The summed E-state index contributed by atoms with van der Waals surface area (Å²) in [6.07, 6.45) is -6.25. The standard InChI is InChI=1S/C21H24F2N10O8P2S2/c1-21(23)14-9(39-20(21)33-7-31-12-16(25)27-5-29-18(12)33)3-37-42(34,44)40-13-8(2-36-43(35,45)41-14)38-19(10(13)22)32-6-30-11-15(24)26-4-28-17(11)32/h4-10,13-14,19-20H,2-3H2,1H3,(H,34,44)(H,35,45)(H2,24,26,28)(H2,25,27,29)/t8-,9-,10-,13-,14-,19-,20-,21-,42-,43+/m1/s1. The number of nitrogens with two attached hydrogens (primary N) is 2. The molecule has 18 nitrogen and oxygen atoms in total. The highest BCUT2D eigenvalue weighted by Crippen LogP contribution is 2.62. The molecule has 3 fully saturated rings. The number of halogens is 2. The maximum Gasteiger partial charge on any atom is 0.386 e. The Balaban J connectivity index is 1.19. The Morgan fingerprint density at radius 2 is 1.42 bits per heavy atom. The van der Waals surface area contributed by atoms with Gasteiger partial charge in [-0.3, -0.25) is 27.2 Å². The topological polar surface area (TPSA) is 229 Å². The van der Waals surface area contributed by atoms with E-state index in [1.165, 1.54) is 21.8 Å². The van der Waals surface area contributed by atoms with Crippen LogP contribution >= 0.6 is 38.1 Å². The molecule has 0 aliphatic carbocycles. The smallest absolute Gasteiger partial charge is 0.382 e. The molecule has 45 heavy (non-hydrogen) atoms. The van der Waals surface area contributed by atoms with Crippen LogP contribution in [0.1, 0.15) is 19.4 Å². The van der Waals surface area contributed by atoms with Crippen molar-refractivity contribution in [1.29, 1.82) is 0 Å². The number of aromatic nitrogens is 8. The van der Waals surface area contributed by atoms with E-state index in [4.69, 9.17) is 39.0 Å². The second-order valence-electron chi connectivity index (χ2n) is 10.5. The van der Waals surface area contributed by atoms with Crippen molar-refractivity contribution in [3.63, 3.8) is 0 Å². The number of thiol groups is 2. The van der Waals surface area contributed by atoms with Crippen molar-refractivity contribution >= 4 is 72.1 Å². The van der Waals surface area contributed by atoms with Crippen molar-refractivity contribution in [1.82, 2.24) is 39.0 Å². The third-order valence-electron chi connectivity index (χ3n) is 7.55. The van der Waals surface area contributed by atoms with Gasteiger partial charge in [-0.25, -0.2) is 47.8 Å². The van der Waals surface area contributed by atoms with Crippen LogP contribution in [0.15, 0.2) is 25.3 Å². The molecule has 4 aromatic rings. The number of rotatable bonds is 2. The SMILES string of the molecule is C[C@@]1(F)[C@@H]2O[P@@](=O)(S)OC[C@H]3O[C@@H](n4cnc5c(N)ncnc54)[C@H](F)[C@@H]3O[P@](=O)(S)OC[C@H]2O[C@H]1n1cnc2c(N)ncnc21. The van der Waals surface area contributed by atoms with Crippen LogP contribution in [0.3, 0.4) is 0 Å². The lowest BCUT2D eigenvalue weighted by molar-refractivity contribution is -0.0577. The molecule has 0 radical (unpaired) electrons. The Labute approximate surface area is 261 Å². The lowest BCUT2D eigenvalue weighted by Gasteiger charge is -2.31. The van der Waals surface area contributed by atoms with Crippen molar-refractivity contribution in [2.45, 2.75) is 55.6 Å². The van der Waals surface area contributed by atoms with Gasteiger partial charge in [-0.05, 0) is 6.92 Å². The van der Waals surface area contributed by atoms with E-state index in [-0.39, 0.29) is 34.0 Å². The molecule has 4 aromatic heterocycles. The first-order valence-electron chi connectivity index (χ1n) is 13.1. The minimum absolute atomic E-state index is 0.0459. The first-order chi connectivity index (χ1) is 21.3. The van der Waals surface area contributed by atoms with Gasteiger partial charge in [0.25, 0.3) is 0 Å². The summed E-state index contributed by atoms with van der Waals surface area (Å²) in [6, 6.07) is 0. The number of nitrogen functional groups attached to an aromatic ring is 2. The van der Waals surface area contributed by atoms with Crippen molar-refractivity contribution in [3.8, 4) is 0 Å². The van der Waals surface area contributed by atoms with Gasteiger partial charge in [0.1, 0.15) is 48.1 Å². The maximum atomic E-state index is 16.6. The number of hydrogen-bond donors (Lipinski definition) is 4. The predicted octanol–water partition coefficient (Wildman–Crippen LogP) is 2.58. The number of imidazole rings is 2. The second kappa shape index (κ2) is 11.0. The van der Waals surface area contributed by atoms with Crippen LogP contribution in [0, 0.1) is 0 Å². The monoisotopic (exact) mass is 708 g/mol. The van der Waals surface area contributed by atoms with E-state index in [9.17, 15) is 9.13 Å². The minimum Gasteiger partial charge on any atom is -0.382 e. The van der Waals surface area contributed by atoms with Gasteiger partial charge in [0.05, 0.1) is 25.9 Å². The van der Waals surface area contributed by atoms with E-state index in [1.54, 1.807) is 0 Å². The average Bonchev–Trinajstić information content (AvgIpc) is 3.72. The molecule has 4 N–H and O–H groups in total. The molecule has 0 bridgehead atoms. The molecule has 242 valence electrons. The molecule has 0 spiro atoms. The van der Waals surface area contributed by atoms with Crippen LogP contribution in [0.25, 0.3) is 22.3 Å². The van der Waals surface area contributed by atoms with Crippen molar-refractivity contribution < 1.29 is 45.5 Å². The van der Waals surface area contributed by atoms with Gasteiger partial charge in [0.15, 0.2) is 47.2 Å². The average molecular weight is 709 g/mol. The van der Waals surface area contributed by atoms with E-state index in [0.29, 0.717) is 0 Å². The number of hydrogen-bond acceptors (Lipinski definition) is 16. The predicted molar refractivity (Wildman–Crippen MR) is 157 cm³/mol. The molecule has 3 aliphatic heterocycles. The zero-order valence-corrected chi connectivity index (χ0v) is 26.4. The van der Waals surface area contributed by atoms with Crippen LogP contribution in [-0.4, -0.2) is 88.5 Å². The summed E-state index contributed by atoms with van der Waals surface area (Å²) in [6.45, 7) is -9.04. The Bertz CT molecular complexity index is 1890. The van der Waals surface area contributed by atoms with Gasteiger partial charge in [-0.1, -0.05) is 24.5 Å². The lowest BCUT2D eigenvalue weighted by atomic mass is 9.98. The fourth-order valence-corrected chi connectivity index (χ4v) is 8.49. The summed E-state index contributed by atoms with van der Waals surface area (Å²) in [7, 11) is 0. The quantitative estimate of drug-likeness (QED) is 0.173. The minimum atomic E-state index is -4.43. The summed E-state index contributed by atoms with van der Waals surface area (Å²) < 4.78 is 95.8. The molecule has 7 heterocycles. The molecular weight excluding hydrogens is 684 g/mol. The van der Waals surface area contributed by atoms with Gasteiger partial charge in [-0.2, -0.15) is 0 Å². The van der Waals surface area contributed by atoms with Gasteiger partial charge in [0.2, 0.25) is 0 Å². The summed E-state index contributed by atoms with van der Waals surface area (Å²) in [4.78, 5) is 24.1. The van der Waals surface area contributed by atoms with Crippen LogP contribution in [0.4, 0.5) is 20.4 Å². The van der Waals surface area contributed by atoms with Crippen LogP contribution in [0.2, 0.25) is 0 Å². The summed E-state index contributed by atoms with van der Waals surface area (Å²) in [5.74, 6) is 0.0951. The number of ether oxygens (including phenoxy) is 2. The van der Waals surface area contributed by atoms with E-state index < -0.39 is 75.5 Å². The largest absolute Gasteiger partial charge is 0.386 e. The lowest BCUT2D eigenvalue weighted by Crippen LogP contribution is -2.42. The van der Waals surface area contributed by atoms with Gasteiger partial charge < -0.3 is 20.9 Å². The van der Waals surface area contributed by atoms with Crippen molar-refractivity contribution in [2.75, 3.05) is 24.7 Å². The maximum absolute atomic E-state index is 16.6. The number of fused-ring (bicyclic) bond motifs is 4. The van der Waals surface area contributed by atoms with Gasteiger partial charge in [-0.15, -0.1) is 0 Å². The van der Waals surface area contributed by atoms with E-state index >= 15 is 8.78 Å². The Morgan fingerprint density at radius 1 is 0.867 bits per heavy atom. The number of anilines is 2. The Hall–Kier alpha value is -2.52. The van der Waals surface area contributed by atoms with E-state index in [1.807, 2.05) is 0 Å². The fourth-order valence-electron chi connectivity index (χ4n) is 5.48. The van der Waals surface area contributed by atoms with Gasteiger partial charge in [0, 0.05) is 0 Å².